The highest BCUT2D eigenvalue weighted by atomic mass is 127. The molecule has 2 rings (SSSR count). The van der Waals surface area contributed by atoms with Crippen LogP contribution < -0.4 is 10.6 Å². The lowest BCUT2D eigenvalue weighted by Crippen LogP contribution is -2.52. The van der Waals surface area contributed by atoms with Gasteiger partial charge in [0.15, 0.2) is 5.96 Å². The Kier molecular flexibility index (Phi) is 11.4. The average molecular weight is 521 g/mol. The van der Waals surface area contributed by atoms with Crippen molar-refractivity contribution in [3.05, 3.63) is 35.6 Å². The zero-order chi connectivity index (χ0) is 20.6. The maximum Gasteiger partial charge on any atom is 0.191 e. The van der Waals surface area contributed by atoms with E-state index < -0.39 is 0 Å². The van der Waals surface area contributed by atoms with Gasteiger partial charge in [-0.05, 0) is 52.6 Å². The minimum absolute atomic E-state index is 0. The molecule has 1 aromatic rings. The predicted molar refractivity (Wildman–Crippen MR) is 129 cm³/mol. The minimum Gasteiger partial charge on any atom is -0.379 e. The molecule has 1 aromatic carbocycles. The molecule has 8 heteroatoms. The number of nitrogens with zero attached hydrogens (tertiary/aromatic N) is 3. The number of halogens is 2. The molecule has 0 aromatic heterocycles. The van der Waals surface area contributed by atoms with Crippen LogP contribution in [0.4, 0.5) is 4.39 Å². The SMILES string of the molecule is CCNC(=NCC(C)(C)N1CCOCC1)NCC(c1ccc(F)cc1)N(C)C.I. The number of likely N-dealkylation sites (N-methyl/N-ethyl adjacent to an activating group) is 1. The Morgan fingerprint density at radius 1 is 1.21 bits per heavy atom. The van der Waals surface area contributed by atoms with Crippen LogP contribution >= 0.6 is 24.0 Å². The van der Waals surface area contributed by atoms with Crippen molar-refractivity contribution in [1.82, 2.24) is 20.4 Å². The van der Waals surface area contributed by atoms with Crippen LogP contribution in [0.25, 0.3) is 0 Å². The van der Waals surface area contributed by atoms with Crippen molar-refractivity contribution in [3.63, 3.8) is 0 Å². The van der Waals surface area contributed by atoms with Gasteiger partial charge in [-0.3, -0.25) is 9.89 Å². The fraction of sp³-hybridized carbons (Fsp3) is 0.667. The van der Waals surface area contributed by atoms with Crippen molar-refractivity contribution in [3.8, 4) is 0 Å². The lowest BCUT2D eigenvalue weighted by Gasteiger charge is -2.40. The van der Waals surface area contributed by atoms with E-state index in [4.69, 9.17) is 9.73 Å². The Balaban J connectivity index is 0.00000420. The first-order valence-electron chi connectivity index (χ1n) is 10.1. The van der Waals surface area contributed by atoms with Gasteiger partial charge in [0.05, 0.1) is 25.8 Å². The summed E-state index contributed by atoms with van der Waals surface area (Å²) >= 11 is 0. The van der Waals surface area contributed by atoms with E-state index in [0.29, 0.717) is 13.1 Å². The predicted octanol–water partition coefficient (Wildman–Crippen LogP) is 2.71. The quantitative estimate of drug-likeness (QED) is 0.313. The third-order valence-electron chi connectivity index (χ3n) is 5.18. The molecule has 0 bridgehead atoms. The van der Waals surface area contributed by atoms with Gasteiger partial charge in [-0.15, -0.1) is 24.0 Å². The van der Waals surface area contributed by atoms with Crippen LogP contribution in [-0.4, -0.2) is 81.3 Å². The Morgan fingerprint density at radius 3 is 2.38 bits per heavy atom. The van der Waals surface area contributed by atoms with E-state index in [9.17, 15) is 4.39 Å². The molecule has 1 unspecified atom stereocenters. The number of guanidine groups is 1. The lowest BCUT2D eigenvalue weighted by atomic mass is 10.0. The molecule has 29 heavy (non-hydrogen) atoms. The molecule has 6 nitrogen and oxygen atoms in total. The highest BCUT2D eigenvalue weighted by molar-refractivity contribution is 14.0. The smallest absolute Gasteiger partial charge is 0.191 e. The summed E-state index contributed by atoms with van der Waals surface area (Å²) in [5.41, 5.74) is 1.05. The van der Waals surface area contributed by atoms with Crippen molar-refractivity contribution in [2.24, 2.45) is 4.99 Å². The molecule has 166 valence electrons. The second-order valence-corrected chi connectivity index (χ2v) is 8.02. The van der Waals surface area contributed by atoms with E-state index >= 15 is 0 Å². The van der Waals surface area contributed by atoms with Crippen LogP contribution in [0.2, 0.25) is 0 Å². The first-order chi connectivity index (χ1) is 13.3. The minimum atomic E-state index is -0.213. The number of benzene rings is 1. The van der Waals surface area contributed by atoms with Crippen molar-refractivity contribution in [2.75, 3.05) is 60.0 Å². The summed E-state index contributed by atoms with van der Waals surface area (Å²) in [5.74, 6) is 0.590. The maximum atomic E-state index is 13.3. The van der Waals surface area contributed by atoms with Gasteiger partial charge in [0, 0.05) is 31.7 Å². The van der Waals surface area contributed by atoms with Crippen LogP contribution in [0.5, 0.6) is 0 Å². The summed E-state index contributed by atoms with van der Waals surface area (Å²) in [4.78, 5) is 9.39. The number of aliphatic imine (C=N–C) groups is 1. The van der Waals surface area contributed by atoms with Gasteiger partial charge in [-0.2, -0.15) is 0 Å². The summed E-state index contributed by atoms with van der Waals surface area (Å²) in [7, 11) is 4.06. The molecule has 1 saturated heterocycles. The zero-order valence-corrected chi connectivity index (χ0v) is 20.7. The van der Waals surface area contributed by atoms with Gasteiger partial charge < -0.3 is 20.3 Å². The molecule has 2 N–H and O–H groups in total. The number of morpholine rings is 1. The van der Waals surface area contributed by atoms with Crippen molar-refractivity contribution in [2.45, 2.75) is 32.4 Å². The third-order valence-corrected chi connectivity index (χ3v) is 5.18. The van der Waals surface area contributed by atoms with Crippen LogP contribution in [0, 0.1) is 5.82 Å². The molecular weight excluding hydrogens is 484 g/mol. The van der Waals surface area contributed by atoms with E-state index in [0.717, 1.165) is 44.4 Å². The number of rotatable bonds is 8. The Hall–Kier alpha value is -0.970. The standard InChI is InChI=1S/C21H36FN5O.HI/c1-6-23-20(25-16-21(2,3)27-11-13-28-14-12-27)24-15-19(26(4)5)17-7-9-18(22)10-8-17;/h7-10,19H,6,11-16H2,1-5H3,(H2,23,24,25);1H. The summed E-state index contributed by atoms with van der Waals surface area (Å²) in [6.45, 7) is 12.2. The molecule has 0 radical (unpaired) electrons. The van der Waals surface area contributed by atoms with Crippen molar-refractivity contribution in [1.29, 1.82) is 0 Å². The fourth-order valence-corrected chi connectivity index (χ4v) is 3.36. The normalized spacial score (nSPS) is 17.0. The van der Waals surface area contributed by atoms with Crippen LogP contribution in [-0.2, 0) is 4.74 Å². The number of hydrogen-bond acceptors (Lipinski definition) is 4. The first-order valence-corrected chi connectivity index (χ1v) is 10.1. The number of ether oxygens (including phenoxy) is 1. The lowest BCUT2D eigenvalue weighted by molar-refractivity contribution is -0.00684. The largest absolute Gasteiger partial charge is 0.379 e. The van der Waals surface area contributed by atoms with E-state index in [2.05, 4.69) is 41.2 Å². The van der Waals surface area contributed by atoms with Crippen molar-refractivity contribution < 1.29 is 9.13 Å². The molecule has 0 spiro atoms. The second kappa shape index (κ2) is 12.7. The number of hydrogen-bond donors (Lipinski definition) is 2. The highest BCUT2D eigenvalue weighted by Crippen LogP contribution is 2.18. The maximum absolute atomic E-state index is 13.3. The van der Waals surface area contributed by atoms with Gasteiger partial charge in [-0.25, -0.2) is 4.39 Å². The summed E-state index contributed by atoms with van der Waals surface area (Å²) in [6, 6.07) is 6.82. The van der Waals surface area contributed by atoms with E-state index in [1.54, 1.807) is 0 Å². The summed E-state index contributed by atoms with van der Waals surface area (Å²) in [5, 5.41) is 6.78. The van der Waals surface area contributed by atoms with Gasteiger partial charge in [0.25, 0.3) is 0 Å². The number of nitrogens with one attached hydrogen (secondary N) is 2. The molecule has 1 heterocycles. The molecule has 1 fully saturated rings. The molecule has 1 aliphatic rings. The summed E-state index contributed by atoms with van der Waals surface area (Å²) in [6.07, 6.45) is 0. The Bertz CT molecular complexity index is 618. The van der Waals surface area contributed by atoms with E-state index in [1.165, 1.54) is 12.1 Å². The molecule has 0 saturated carbocycles. The molecule has 1 atom stereocenters. The van der Waals surface area contributed by atoms with E-state index in [1.807, 2.05) is 26.2 Å². The molecular formula is C21H37FIN5O. The first kappa shape index (κ1) is 26.1. The second-order valence-electron chi connectivity index (χ2n) is 8.02. The zero-order valence-electron chi connectivity index (χ0n) is 18.4. The van der Waals surface area contributed by atoms with Gasteiger partial charge >= 0.3 is 0 Å². The van der Waals surface area contributed by atoms with E-state index in [-0.39, 0.29) is 41.4 Å². The Labute approximate surface area is 192 Å². The van der Waals surface area contributed by atoms with Gasteiger partial charge in [0.1, 0.15) is 5.82 Å². The molecule has 1 aliphatic heterocycles. The van der Waals surface area contributed by atoms with Gasteiger partial charge in [-0.1, -0.05) is 12.1 Å². The van der Waals surface area contributed by atoms with Crippen LogP contribution in [0.3, 0.4) is 0 Å². The van der Waals surface area contributed by atoms with Crippen LogP contribution in [0.15, 0.2) is 29.3 Å². The molecule has 0 amide bonds. The average Bonchev–Trinajstić information content (AvgIpc) is 2.68. The molecule has 0 aliphatic carbocycles. The third kappa shape index (κ3) is 8.35. The summed E-state index contributed by atoms with van der Waals surface area (Å²) < 4.78 is 18.7. The fourth-order valence-electron chi connectivity index (χ4n) is 3.36. The van der Waals surface area contributed by atoms with Crippen molar-refractivity contribution >= 4 is 29.9 Å². The van der Waals surface area contributed by atoms with Crippen LogP contribution in [0.1, 0.15) is 32.4 Å². The monoisotopic (exact) mass is 521 g/mol. The topological polar surface area (TPSA) is 52.1 Å². The highest BCUT2D eigenvalue weighted by Gasteiger charge is 2.28. The van der Waals surface area contributed by atoms with Gasteiger partial charge in [0.2, 0.25) is 0 Å². The Morgan fingerprint density at radius 2 is 1.83 bits per heavy atom.